The van der Waals surface area contributed by atoms with Gasteiger partial charge in [-0.3, -0.25) is 4.79 Å². The van der Waals surface area contributed by atoms with E-state index in [0.717, 1.165) is 11.3 Å². The number of aromatic hydroxyl groups is 1. The molecule has 0 heterocycles. The number of phenols is 1. The van der Waals surface area contributed by atoms with E-state index >= 15 is 0 Å². The summed E-state index contributed by atoms with van der Waals surface area (Å²) in [6.07, 6.45) is 0. The largest absolute Gasteiger partial charge is 0.506 e. The number of carbonyl (C=O) groups excluding carboxylic acids is 1. The summed E-state index contributed by atoms with van der Waals surface area (Å²) in [5, 5.41) is 9.54. The number of aryl methyl sites for hydroxylation is 1. The van der Waals surface area contributed by atoms with E-state index in [-0.39, 0.29) is 16.7 Å². The molecule has 98 valence electrons. The minimum atomic E-state index is -0.170. The average molecular weight is 276 g/mol. The summed E-state index contributed by atoms with van der Waals surface area (Å²) in [6.45, 7) is 1.95. The molecule has 0 aromatic heterocycles. The fourth-order valence-electron chi connectivity index (χ4n) is 1.88. The lowest BCUT2D eigenvalue weighted by Gasteiger charge is -2.19. The maximum atomic E-state index is 12.3. The van der Waals surface area contributed by atoms with E-state index in [1.165, 1.54) is 12.1 Å². The van der Waals surface area contributed by atoms with E-state index in [9.17, 15) is 9.90 Å². The Morgan fingerprint density at radius 3 is 2.53 bits per heavy atom. The van der Waals surface area contributed by atoms with Crippen LogP contribution in [0.5, 0.6) is 5.75 Å². The highest BCUT2D eigenvalue weighted by Crippen LogP contribution is 2.26. The van der Waals surface area contributed by atoms with Crippen LogP contribution in [0, 0.1) is 6.92 Å². The van der Waals surface area contributed by atoms with Crippen molar-refractivity contribution >= 4 is 23.2 Å². The van der Waals surface area contributed by atoms with Crippen LogP contribution in [0.2, 0.25) is 5.02 Å². The van der Waals surface area contributed by atoms with Gasteiger partial charge < -0.3 is 10.0 Å². The van der Waals surface area contributed by atoms with Gasteiger partial charge in [-0.15, -0.1) is 0 Å². The standard InChI is InChI=1S/C15H14ClNO2/c1-10-5-3-4-6-13(10)17(2)15(19)11-7-8-14(18)12(16)9-11/h3-9,18H,1-2H3. The first-order valence-electron chi connectivity index (χ1n) is 5.83. The number of nitrogens with zero attached hydrogens (tertiary/aromatic N) is 1. The minimum Gasteiger partial charge on any atom is -0.506 e. The van der Waals surface area contributed by atoms with Crippen LogP contribution in [0.25, 0.3) is 0 Å². The molecule has 1 N–H and O–H groups in total. The molecule has 2 aromatic carbocycles. The van der Waals surface area contributed by atoms with E-state index in [1.807, 2.05) is 31.2 Å². The molecule has 0 bridgehead atoms. The van der Waals surface area contributed by atoms with Crippen LogP contribution in [0.15, 0.2) is 42.5 Å². The summed E-state index contributed by atoms with van der Waals surface area (Å²) in [5.41, 5.74) is 2.30. The summed E-state index contributed by atoms with van der Waals surface area (Å²) in [5.74, 6) is -0.201. The normalized spacial score (nSPS) is 10.3. The summed E-state index contributed by atoms with van der Waals surface area (Å²) >= 11 is 5.82. The number of phenolic OH excluding ortho intramolecular Hbond substituents is 1. The van der Waals surface area contributed by atoms with Crippen molar-refractivity contribution < 1.29 is 9.90 Å². The van der Waals surface area contributed by atoms with Crippen LogP contribution < -0.4 is 4.90 Å². The van der Waals surface area contributed by atoms with Crippen LogP contribution in [0.4, 0.5) is 5.69 Å². The van der Waals surface area contributed by atoms with Crippen molar-refractivity contribution in [3.8, 4) is 5.75 Å². The minimum absolute atomic E-state index is 0.0308. The molecule has 2 aromatic rings. The molecule has 0 aliphatic rings. The third-order valence-electron chi connectivity index (χ3n) is 2.98. The maximum absolute atomic E-state index is 12.3. The van der Waals surface area contributed by atoms with Gasteiger partial charge in [0, 0.05) is 18.3 Å². The zero-order valence-electron chi connectivity index (χ0n) is 10.7. The highest BCUT2D eigenvalue weighted by Gasteiger charge is 2.15. The van der Waals surface area contributed by atoms with Gasteiger partial charge in [0.15, 0.2) is 0 Å². The molecule has 0 radical (unpaired) electrons. The summed E-state index contributed by atoms with van der Waals surface area (Å²) in [4.78, 5) is 13.9. The highest BCUT2D eigenvalue weighted by molar-refractivity contribution is 6.32. The lowest BCUT2D eigenvalue weighted by atomic mass is 10.1. The first-order valence-corrected chi connectivity index (χ1v) is 6.20. The Kier molecular flexibility index (Phi) is 3.76. The van der Waals surface area contributed by atoms with Gasteiger partial charge in [-0.1, -0.05) is 29.8 Å². The van der Waals surface area contributed by atoms with Gasteiger partial charge in [0.2, 0.25) is 0 Å². The zero-order chi connectivity index (χ0) is 14.0. The molecule has 0 fully saturated rings. The topological polar surface area (TPSA) is 40.5 Å². The van der Waals surface area contributed by atoms with Crippen LogP contribution in [0.1, 0.15) is 15.9 Å². The quantitative estimate of drug-likeness (QED) is 0.909. The van der Waals surface area contributed by atoms with Crippen molar-refractivity contribution in [1.29, 1.82) is 0 Å². The van der Waals surface area contributed by atoms with Crippen LogP contribution in [-0.4, -0.2) is 18.1 Å². The van der Waals surface area contributed by atoms with Gasteiger partial charge in [-0.05, 0) is 36.8 Å². The lowest BCUT2D eigenvalue weighted by molar-refractivity contribution is 0.0993. The number of para-hydroxylation sites is 1. The number of rotatable bonds is 2. The number of halogens is 1. The van der Waals surface area contributed by atoms with Gasteiger partial charge in [0.25, 0.3) is 5.91 Å². The zero-order valence-corrected chi connectivity index (χ0v) is 11.5. The third kappa shape index (κ3) is 2.71. The Bertz CT molecular complexity index is 625. The van der Waals surface area contributed by atoms with Crippen molar-refractivity contribution in [3.05, 3.63) is 58.6 Å². The highest BCUT2D eigenvalue weighted by atomic mass is 35.5. The molecule has 0 saturated carbocycles. The van der Waals surface area contributed by atoms with Gasteiger partial charge in [-0.25, -0.2) is 0 Å². The van der Waals surface area contributed by atoms with Gasteiger partial charge in [0.05, 0.1) is 5.02 Å². The predicted molar refractivity (Wildman–Crippen MR) is 77.0 cm³/mol. The van der Waals surface area contributed by atoms with Gasteiger partial charge >= 0.3 is 0 Å². The molecule has 19 heavy (non-hydrogen) atoms. The number of hydrogen-bond acceptors (Lipinski definition) is 2. The Morgan fingerprint density at radius 1 is 1.21 bits per heavy atom. The second-order valence-electron chi connectivity index (χ2n) is 4.32. The number of carbonyl (C=O) groups is 1. The summed E-state index contributed by atoms with van der Waals surface area (Å²) in [7, 11) is 1.71. The van der Waals surface area contributed by atoms with E-state index in [0.29, 0.717) is 5.56 Å². The SMILES string of the molecule is Cc1ccccc1N(C)C(=O)c1ccc(O)c(Cl)c1. The number of benzene rings is 2. The number of hydrogen-bond donors (Lipinski definition) is 1. The third-order valence-corrected chi connectivity index (χ3v) is 3.28. The Balaban J connectivity index is 2.34. The van der Waals surface area contributed by atoms with Gasteiger partial charge in [-0.2, -0.15) is 0 Å². The predicted octanol–water partition coefficient (Wildman–Crippen LogP) is 3.63. The second kappa shape index (κ2) is 5.33. The second-order valence-corrected chi connectivity index (χ2v) is 4.72. The number of amides is 1. The molecular formula is C15H14ClNO2. The average Bonchev–Trinajstić information content (AvgIpc) is 2.41. The van der Waals surface area contributed by atoms with E-state index in [4.69, 9.17) is 11.6 Å². The van der Waals surface area contributed by atoms with E-state index < -0.39 is 0 Å². The maximum Gasteiger partial charge on any atom is 0.258 e. The molecular weight excluding hydrogens is 262 g/mol. The van der Waals surface area contributed by atoms with Gasteiger partial charge in [0.1, 0.15) is 5.75 Å². The van der Waals surface area contributed by atoms with Crippen molar-refractivity contribution in [2.75, 3.05) is 11.9 Å². The fraction of sp³-hybridized carbons (Fsp3) is 0.133. The number of anilines is 1. The Hall–Kier alpha value is -2.00. The molecule has 1 amide bonds. The van der Waals surface area contributed by atoms with E-state index in [2.05, 4.69) is 0 Å². The van der Waals surface area contributed by atoms with Crippen molar-refractivity contribution in [2.24, 2.45) is 0 Å². The molecule has 0 saturated heterocycles. The molecule has 0 spiro atoms. The van der Waals surface area contributed by atoms with Crippen molar-refractivity contribution in [2.45, 2.75) is 6.92 Å². The molecule has 2 rings (SSSR count). The molecule has 0 aliphatic carbocycles. The van der Waals surface area contributed by atoms with Crippen LogP contribution in [-0.2, 0) is 0 Å². The molecule has 0 atom stereocenters. The van der Waals surface area contributed by atoms with Crippen LogP contribution in [0.3, 0.4) is 0 Å². The molecule has 4 heteroatoms. The lowest BCUT2D eigenvalue weighted by Crippen LogP contribution is -2.26. The molecule has 0 unspecified atom stereocenters. The monoisotopic (exact) mass is 275 g/mol. The van der Waals surface area contributed by atoms with Crippen molar-refractivity contribution in [1.82, 2.24) is 0 Å². The first kappa shape index (κ1) is 13.4. The summed E-state index contributed by atoms with van der Waals surface area (Å²) in [6, 6.07) is 12.1. The summed E-state index contributed by atoms with van der Waals surface area (Å²) < 4.78 is 0. The Labute approximate surface area is 117 Å². The molecule has 0 aliphatic heterocycles. The van der Waals surface area contributed by atoms with E-state index in [1.54, 1.807) is 18.0 Å². The molecule has 3 nitrogen and oxygen atoms in total. The first-order chi connectivity index (χ1) is 9.00. The van der Waals surface area contributed by atoms with Crippen LogP contribution >= 0.6 is 11.6 Å². The smallest absolute Gasteiger partial charge is 0.258 e. The Morgan fingerprint density at radius 2 is 1.89 bits per heavy atom. The van der Waals surface area contributed by atoms with Crippen molar-refractivity contribution in [3.63, 3.8) is 0 Å². The fourth-order valence-corrected chi connectivity index (χ4v) is 2.06.